The van der Waals surface area contributed by atoms with Crippen LogP contribution in [0.25, 0.3) is 0 Å². The van der Waals surface area contributed by atoms with Crippen LogP contribution in [0.4, 0.5) is 4.39 Å². The molecule has 0 unspecified atom stereocenters. The monoisotopic (exact) mass is 339 g/mol. The highest BCUT2D eigenvalue weighted by molar-refractivity contribution is 7.89. The van der Waals surface area contributed by atoms with Crippen LogP contribution in [0, 0.1) is 5.82 Å². The van der Waals surface area contributed by atoms with Gasteiger partial charge >= 0.3 is 0 Å². The fourth-order valence-electron chi connectivity index (χ4n) is 2.96. The van der Waals surface area contributed by atoms with Crippen LogP contribution in [0.1, 0.15) is 24.9 Å². The standard InChI is InChI=1S/C15H18FN3O3S/c1-2-18-15(6-7-17-18)23(21,22)19-10-13(20)9-14(19)11-4-3-5-12(16)8-11/h3-8,13-14,20H,2,9-10H2,1H3/t13-,14-/m1/s1. The van der Waals surface area contributed by atoms with Crippen molar-refractivity contribution < 1.29 is 17.9 Å². The first-order valence-corrected chi connectivity index (χ1v) is 8.84. The predicted octanol–water partition coefficient (Wildman–Crippen LogP) is 1.54. The van der Waals surface area contributed by atoms with E-state index in [1.165, 1.54) is 39.4 Å². The summed E-state index contributed by atoms with van der Waals surface area (Å²) < 4.78 is 42.0. The van der Waals surface area contributed by atoms with E-state index in [0.717, 1.165) is 0 Å². The van der Waals surface area contributed by atoms with Crippen molar-refractivity contribution in [1.29, 1.82) is 0 Å². The fourth-order valence-corrected chi connectivity index (χ4v) is 4.79. The van der Waals surface area contributed by atoms with E-state index < -0.39 is 28.0 Å². The van der Waals surface area contributed by atoms with Gasteiger partial charge in [-0.3, -0.25) is 4.68 Å². The molecule has 23 heavy (non-hydrogen) atoms. The molecular formula is C15H18FN3O3S. The van der Waals surface area contributed by atoms with Crippen LogP contribution in [0.15, 0.2) is 41.6 Å². The number of β-amino-alcohol motifs (C(OH)–C–C–N with tert-alkyl or cyclic N) is 1. The molecule has 1 aromatic carbocycles. The lowest BCUT2D eigenvalue weighted by Gasteiger charge is -2.24. The van der Waals surface area contributed by atoms with Crippen LogP contribution in [0.2, 0.25) is 0 Å². The Labute approximate surface area is 134 Å². The highest BCUT2D eigenvalue weighted by Crippen LogP contribution is 2.36. The molecule has 1 N–H and O–H groups in total. The molecule has 1 aromatic heterocycles. The number of aryl methyl sites for hydroxylation is 1. The van der Waals surface area contributed by atoms with Crippen molar-refractivity contribution in [2.24, 2.45) is 0 Å². The van der Waals surface area contributed by atoms with E-state index in [-0.39, 0.29) is 18.0 Å². The lowest BCUT2D eigenvalue weighted by atomic mass is 10.0. The average molecular weight is 339 g/mol. The molecule has 6 nitrogen and oxygen atoms in total. The maximum absolute atomic E-state index is 13.5. The maximum atomic E-state index is 13.5. The molecule has 3 rings (SSSR count). The van der Waals surface area contributed by atoms with E-state index in [1.807, 2.05) is 0 Å². The van der Waals surface area contributed by atoms with Gasteiger partial charge in [-0.25, -0.2) is 12.8 Å². The fraction of sp³-hybridized carbons (Fsp3) is 0.400. The van der Waals surface area contributed by atoms with Crippen LogP contribution >= 0.6 is 0 Å². The summed E-state index contributed by atoms with van der Waals surface area (Å²) in [6.45, 7) is 2.20. The molecule has 0 spiro atoms. The molecule has 1 aliphatic rings. The van der Waals surface area contributed by atoms with Crippen LogP contribution < -0.4 is 0 Å². The maximum Gasteiger partial charge on any atom is 0.260 e. The highest BCUT2D eigenvalue weighted by Gasteiger charge is 2.41. The number of hydrogen-bond donors (Lipinski definition) is 1. The third-order valence-electron chi connectivity index (χ3n) is 4.02. The van der Waals surface area contributed by atoms with Crippen molar-refractivity contribution in [1.82, 2.24) is 14.1 Å². The average Bonchev–Trinajstić information content (AvgIpc) is 3.13. The number of hydrogen-bond acceptors (Lipinski definition) is 4. The summed E-state index contributed by atoms with van der Waals surface area (Å²) in [5, 5.41) is 14.0. The molecule has 2 aromatic rings. The van der Waals surface area contributed by atoms with E-state index in [2.05, 4.69) is 5.10 Å². The summed E-state index contributed by atoms with van der Waals surface area (Å²) >= 11 is 0. The minimum atomic E-state index is -3.83. The molecule has 8 heteroatoms. The predicted molar refractivity (Wildman–Crippen MR) is 81.6 cm³/mol. The number of sulfonamides is 1. The van der Waals surface area contributed by atoms with Crippen molar-refractivity contribution in [3.05, 3.63) is 47.9 Å². The first-order valence-electron chi connectivity index (χ1n) is 7.40. The summed E-state index contributed by atoms with van der Waals surface area (Å²) in [5.74, 6) is -0.431. The summed E-state index contributed by atoms with van der Waals surface area (Å²) in [6, 6.07) is 6.67. The highest BCUT2D eigenvalue weighted by atomic mass is 32.2. The second kappa shape index (κ2) is 6.03. The van der Waals surface area contributed by atoms with E-state index in [9.17, 15) is 17.9 Å². The van der Waals surface area contributed by atoms with E-state index in [4.69, 9.17) is 0 Å². The third kappa shape index (κ3) is 2.89. The van der Waals surface area contributed by atoms with Crippen LogP contribution in [-0.2, 0) is 16.6 Å². The number of halogens is 1. The molecule has 0 radical (unpaired) electrons. The van der Waals surface area contributed by atoms with Crippen molar-refractivity contribution in [2.45, 2.75) is 37.1 Å². The Morgan fingerprint density at radius 3 is 2.87 bits per heavy atom. The van der Waals surface area contributed by atoms with Crippen molar-refractivity contribution in [3.63, 3.8) is 0 Å². The van der Waals surface area contributed by atoms with Gasteiger partial charge in [0.1, 0.15) is 5.82 Å². The lowest BCUT2D eigenvalue weighted by molar-refractivity contribution is 0.188. The summed E-state index contributed by atoms with van der Waals surface area (Å²) in [7, 11) is -3.83. The summed E-state index contributed by atoms with van der Waals surface area (Å²) in [5.41, 5.74) is 0.535. The van der Waals surface area contributed by atoms with Crippen molar-refractivity contribution in [2.75, 3.05) is 6.54 Å². The number of benzene rings is 1. The Morgan fingerprint density at radius 1 is 1.39 bits per heavy atom. The van der Waals surface area contributed by atoms with Gasteiger partial charge in [-0.05, 0) is 37.1 Å². The lowest BCUT2D eigenvalue weighted by Crippen LogP contribution is -2.33. The Balaban J connectivity index is 2.02. The zero-order valence-corrected chi connectivity index (χ0v) is 13.4. The largest absolute Gasteiger partial charge is 0.392 e. The minimum absolute atomic E-state index is 0.0155. The molecular weight excluding hydrogens is 321 g/mol. The quantitative estimate of drug-likeness (QED) is 0.917. The Morgan fingerprint density at radius 2 is 2.17 bits per heavy atom. The number of aromatic nitrogens is 2. The van der Waals surface area contributed by atoms with Gasteiger partial charge in [0.05, 0.1) is 18.3 Å². The molecule has 0 amide bonds. The number of rotatable bonds is 4. The number of nitrogens with zero attached hydrogens (tertiary/aromatic N) is 3. The minimum Gasteiger partial charge on any atom is -0.392 e. The topological polar surface area (TPSA) is 75.4 Å². The Bertz CT molecular complexity index is 806. The van der Waals surface area contributed by atoms with Crippen molar-refractivity contribution in [3.8, 4) is 0 Å². The molecule has 2 heterocycles. The normalized spacial score (nSPS) is 22.6. The van der Waals surface area contributed by atoms with Gasteiger partial charge in [-0.15, -0.1) is 0 Å². The first-order chi connectivity index (χ1) is 10.9. The number of aliphatic hydroxyl groups is 1. The molecule has 1 fully saturated rings. The van der Waals surface area contributed by atoms with Crippen molar-refractivity contribution >= 4 is 10.0 Å². The first kappa shape index (κ1) is 16.1. The van der Waals surface area contributed by atoms with Gasteiger partial charge in [0, 0.05) is 13.1 Å². The second-order valence-corrected chi connectivity index (χ2v) is 7.36. The van der Waals surface area contributed by atoms with E-state index >= 15 is 0 Å². The van der Waals surface area contributed by atoms with Gasteiger partial charge in [-0.1, -0.05) is 12.1 Å². The van der Waals surface area contributed by atoms with Crippen LogP contribution in [-0.4, -0.2) is 40.3 Å². The van der Waals surface area contributed by atoms with E-state index in [0.29, 0.717) is 12.1 Å². The molecule has 0 aliphatic carbocycles. The Hall–Kier alpha value is -1.77. The zero-order chi connectivity index (χ0) is 16.6. The number of aliphatic hydroxyl groups excluding tert-OH is 1. The smallest absolute Gasteiger partial charge is 0.260 e. The molecule has 1 saturated heterocycles. The molecule has 0 bridgehead atoms. The molecule has 0 saturated carbocycles. The van der Waals surface area contributed by atoms with Gasteiger partial charge in [0.15, 0.2) is 5.03 Å². The van der Waals surface area contributed by atoms with E-state index in [1.54, 1.807) is 13.0 Å². The summed E-state index contributed by atoms with van der Waals surface area (Å²) in [6.07, 6.45) is 0.888. The third-order valence-corrected chi connectivity index (χ3v) is 5.91. The zero-order valence-electron chi connectivity index (χ0n) is 12.6. The molecule has 2 atom stereocenters. The SMILES string of the molecule is CCn1nccc1S(=O)(=O)N1C[C@H](O)C[C@@H]1c1cccc(F)c1. The van der Waals surface area contributed by atoms with Crippen LogP contribution in [0.3, 0.4) is 0 Å². The summed E-state index contributed by atoms with van der Waals surface area (Å²) in [4.78, 5) is 0. The molecule has 124 valence electrons. The Kier molecular flexibility index (Phi) is 4.22. The van der Waals surface area contributed by atoms with Gasteiger partial charge in [0.25, 0.3) is 10.0 Å². The second-order valence-electron chi connectivity index (χ2n) is 5.52. The van der Waals surface area contributed by atoms with Gasteiger partial charge < -0.3 is 5.11 Å². The van der Waals surface area contributed by atoms with Gasteiger partial charge in [0.2, 0.25) is 0 Å². The van der Waals surface area contributed by atoms with Gasteiger partial charge in [-0.2, -0.15) is 9.40 Å². The molecule has 1 aliphatic heterocycles. The van der Waals surface area contributed by atoms with Crippen LogP contribution in [0.5, 0.6) is 0 Å².